The first-order valence-electron chi connectivity index (χ1n) is 4.30. The molecule has 0 fully saturated rings. The number of nitrogens with two attached hydrogens (primary N) is 2. The molecular formula is C9H10FN5. The van der Waals surface area contributed by atoms with E-state index < -0.39 is 5.82 Å². The first-order valence-corrected chi connectivity index (χ1v) is 4.30. The van der Waals surface area contributed by atoms with Gasteiger partial charge in [-0.1, -0.05) is 6.07 Å². The number of nitrogen functional groups attached to an aromatic ring is 2. The van der Waals surface area contributed by atoms with E-state index in [9.17, 15) is 4.39 Å². The van der Waals surface area contributed by atoms with Crippen LogP contribution in [-0.2, 0) is 7.05 Å². The second-order valence-corrected chi connectivity index (χ2v) is 3.12. The molecule has 0 saturated carbocycles. The maximum Gasteiger partial charge on any atom is 0.218 e. The molecule has 6 heteroatoms. The van der Waals surface area contributed by atoms with Gasteiger partial charge < -0.3 is 11.5 Å². The highest BCUT2D eigenvalue weighted by atomic mass is 19.1. The summed E-state index contributed by atoms with van der Waals surface area (Å²) in [6.45, 7) is 0. The zero-order valence-electron chi connectivity index (χ0n) is 8.11. The van der Waals surface area contributed by atoms with Crippen LogP contribution in [-0.4, -0.2) is 14.8 Å². The first kappa shape index (κ1) is 9.45. The van der Waals surface area contributed by atoms with Crippen LogP contribution in [0.2, 0.25) is 0 Å². The van der Waals surface area contributed by atoms with Crippen LogP contribution >= 0.6 is 0 Å². The lowest BCUT2D eigenvalue weighted by Crippen LogP contribution is -1.97. The summed E-state index contributed by atoms with van der Waals surface area (Å²) in [5, 5.41) is 3.96. The van der Waals surface area contributed by atoms with Crippen molar-refractivity contribution in [3.05, 3.63) is 24.0 Å². The van der Waals surface area contributed by atoms with Crippen molar-refractivity contribution in [2.24, 2.45) is 7.05 Å². The van der Waals surface area contributed by atoms with E-state index in [0.717, 1.165) is 0 Å². The van der Waals surface area contributed by atoms with Crippen molar-refractivity contribution in [3.8, 4) is 11.4 Å². The summed E-state index contributed by atoms with van der Waals surface area (Å²) in [7, 11) is 1.63. The van der Waals surface area contributed by atoms with Crippen molar-refractivity contribution in [1.82, 2.24) is 14.8 Å². The van der Waals surface area contributed by atoms with Gasteiger partial charge in [0.2, 0.25) is 5.95 Å². The molecule has 1 aromatic carbocycles. The van der Waals surface area contributed by atoms with E-state index in [1.807, 2.05) is 0 Å². The van der Waals surface area contributed by atoms with Gasteiger partial charge in [-0.05, 0) is 12.1 Å². The number of hydrogen-bond acceptors (Lipinski definition) is 4. The minimum absolute atomic E-state index is 0.185. The molecule has 0 aliphatic carbocycles. The van der Waals surface area contributed by atoms with E-state index in [1.54, 1.807) is 13.1 Å². The lowest BCUT2D eigenvalue weighted by Gasteiger charge is -2.01. The number of halogens is 1. The van der Waals surface area contributed by atoms with Crippen molar-refractivity contribution in [3.63, 3.8) is 0 Å². The Balaban J connectivity index is 2.63. The van der Waals surface area contributed by atoms with Crippen LogP contribution < -0.4 is 11.5 Å². The van der Waals surface area contributed by atoms with Gasteiger partial charge >= 0.3 is 0 Å². The smallest absolute Gasteiger partial charge is 0.218 e. The molecule has 0 saturated heterocycles. The lowest BCUT2D eigenvalue weighted by molar-refractivity contribution is 0.630. The molecule has 0 radical (unpaired) electrons. The second kappa shape index (κ2) is 3.23. The third-order valence-electron chi connectivity index (χ3n) is 2.07. The largest absolute Gasteiger partial charge is 0.398 e. The summed E-state index contributed by atoms with van der Waals surface area (Å²) in [4.78, 5) is 3.91. The summed E-state index contributed by atoms with van der Waals surface area (Å²) >= 11 is 0. The predicted octanol–water partition coefficient (Wildman–Crippen LogP) is 0.786. The van der Waals surface area contributed by atoms with Gasteiger partial charge in [-0.3, -0.25) is 0 Å². The Morgan fingerprint density at radius 1 is 1.33 bits per heavy atom. The number of aryl methyl sites for hydroxylation is 1. The molecule has 0 bridgehead atoms. The molecule has 0 spiro atoms. The summed E-state index contributed by atoms with van der Waals surface area (Å²) in [6.07, 6.45) is 0. The molecule has 1 heterocycles. The summed E-state index contributed by atoms with van der Waals surface area (Å²) < 4.78 is 14.8. The number of rotatable bonds is 1. The van der Waals surface area contributed by atoms with Crippen LogP contribution in [0, 0.1) is 5.82 Å². The Morgan fingerprint density at radius 2 is 2.07 bits per heavy atom. The van der Waals surface area contributed by atoms with Gasteiger partial charge in [0.05, 0.1) is 5.56 Å². The number of hydrogen-bond donors (Lipinski definition) is 2. The Kier molecular flexibility index (Phi) is 2.03. The molecule has 0 aliphatic rings. The molecule has 15 heavy (non-hydrogen) atoms. The number of nitrogens with zero attached hydrogens (tertiary/aromatic N) is 3. The maximum atomic E-state index is 13.5. The van der Waals surface area contributed by atoms with E-state index in [0.29, 0.717) is 5.69 Å². The molecule has 1 aromatic heterocycles. The second-order valence-electron chi connectivity index (χ2n) is 3.12. The van der Waals surface area contributed by atoms with Gasteiger partial charge in [0.1, 0.15) is 5.82 Å². The third kappa shape index (κ3) is 1.50. The molecule has 0 atom stereocenters. The quantitative estimate of drug-likeness (QED) is 0.677. The number of benzene rings is 1. The van der Waals surface area contributed by atoms with Gasteiger partial charge in [-0.25, -0.2) is 9.07 Å². The van der Waals surface area contributed by atoms with Gasteiger partial charge in [-0.15, -0.1) is 5.10 Å². The molecule has 5 nitrogen and oxygen atoms in total. The Hall–Kier alpha value is -2.11. The fourth-order valence-corrected chi connectivity index (χ4v) is 1.28. The average Bonchev–Trinajstić information content (AvgIpc) is 2.46. The van der Waals surface area contributed by atoms with Gasteiger partial charge in [-0.2, -0.15) is 4.98 Å². The first-order chi connectivity index (χ1) is 7.09. The van der Waals surface area contributed by atoms with Crippen LogP contribution in [0.25, 0.3) is 11.4 Å². The van der Waals surface area contributed by atoms with Crippen molar-refractivity contribution in [2.75, 3.05) is 11.5 Å². The highest BCUT2D eigenvalue weighted by molar-refractivity contribution is 5.72. The van der Waals surface area contributed by atoms with E-state index >= 15 is 0 Å². The fourth-order valence-electron chi connectivity index (χ4n) is 1.28. The van der Waals surface area contributed by atoms with E-state index in [1.165, 1.54) is 16.8 Å². The highest BCUT2D eigenvalue weighted by Gasteiger charge is 2.14. The van der Waals surface area contributed by atoms with E-state index in [4.69, 9.17) is 11.5 Å². The average molecular weight is 207 g/mol. The zero-order chi connectivity index (χ0) is 11.0. The summed E-state index contributed by atoms with van der Waals surface area (Å²) in [5.74, 6) is -0.0427. The molecule has 78 valence electrons. The predicted molar refractivity (Wildman–Crippen MR) is 55.2 cm³/mol. The van der Waals surface area contributed by atoms with Gasteiger partial charge in [0.25, 0.3) is 0 Å². The number of aromatic nitrogens is 3. The van der Waals surface area contributed by atoms with Crippen molar-refractivity contribution in [2.45, 2.75) is 0 Å². The van der Waals surface area contributed by atoms with Crippen LogP contribution in [0.5, 0.6) is 0 Å². The van der Waals surface area contributed by atoms with Gasteiger partial charge in [0.15, 0.2) is 5.82 Å². The summed E-state index contributed by atoms with van der Waals surface area (Å²) in [6, 6.07) is 4.42. The third-order valence-corrected chi connectivity index (χ3v) is 2.07. The van der Waals surface area contributed by atoms with Crippen molar-refractivity contribution < 1.29 is 4.39 Å². The van der Waals surface area contributed by atoms with Crippen LogP contribution in [0.1, 0.15) is 0 Å². The van der Waals surface area contributed by atoms with Crippen molar-refractivity contribution in [1.29, 1.82) is 0 Å². The molecule has 0 aliphatic heterocycles. The normalized spacial score (nSPS) is 10.5. The van der Waals surface area contributed by atoms with Crippen LogP contribution in [0.3, 0.4) is 0 Å². The Bertz CT molecular complexity index is 465. The fraction of sp³-hybridized carbons (Fsp3) is 0.111. The minimum Gasteiger partial charge on any atom is -0.398 e. The molecule has 2 rings (SSSR count). The molecule has 0 unspecified atom stereocenters. The lowest BCUT2D eigenvalue weighted by atomic mass is 10.1. The number of anilines is 2. The van der Waals surface area contributed by atoms with Crippen LogP contribution in [0.15, 0.2) is 18.2 Å². The van der Waals surface area contributed by atoms with Crippen LogP contribution in [0.4, 0.5) is 16.0 Å². The summed E-state index contributed by atoms with van der Waals surface area (Å²) in [5.41, 5.74) is 11.6. The molecular weight excluding hydrogens is 197 g/mol. The topological polar surface area (TPSA) is 82.8 Å². The van der Waals surface area contributed by atoms with E-state index in [2.05, 4.69) is 10.1 Å². The van der Waals surface area contributed by atoms with Crippen molar-refractivity contribution >= 4 is 11.6 Å². The SMILES string of the molecule is Cn1nc(-c2c(N)cccc2F)nc1N. The highest BCUT2D eigenvalue weighted by Crippen LogP contribution is 2.26. The minimum atomic E-state index is -0.458. The standard InChI is InChI=1S/C9H10FN5/c1-15-9(12)13-8(14-15)7-5(10)3-2-4-6(7)11/h2-4H,11H2,1H3,(H2,12,13,14). The van der Waals surface area contributed by atoms with Gasteiger partial charge in [0, 0.05) is 12.7 Å². The zero-order valence-corrected chi connectivity index (χ0v) is 8.11. The Morgan fingerprint density at radius 3 is 2.60 bits per heavy atom. The molecule has 2 aromatic rings. The maximum absolute atomic E-state index is 13.5. The Labute approximate surface area is 85.5 Å². The molecule has 4 N–H and O–H groups in total. The molecule has 0 amide bonds. The van der Waals surface area contributed by atoms with E-state index in [-0.39, 0.29) is 17.3 Å². The monoisotopic (exact) mass is 207 g/mol.